The van der Waals surface area contributed by atoms with E-state index in [2.05, 4.69) is 4.98 Å². The Balaban J connectivity index is 2.03. The highest BCUT2D eigenvalue weighted by Crippen LogP contribution is 2.20. The summed E-state index contributed by atoms with van der Waals surface area (Å²) in [7, 11) is 2.17. The molecule has 23 heavy (non-hydrogen) atoms. The van der Waals surface area contributed by atoms with Gasteiger partial charge < -0.3 is 9.80 Å². The van der Waals surface area contributed by atoms with Crippen LogP contribution in [0.2, 0.25) is 0 Å². The van der Waals surface area contributed by atoms with Crippen molar-refractivity contribution in [1.82, 2.24) is 14.2 Å². The number of amides is 1. The first-order chi connectivity index (χ1) is 10.7. The summed E-state index contributed by atoms with van der Waals surface area (Å²) in [6, 6.07) is 3.45. The van der Waals surface area contributed by atoms with Gasteiger partial charge in [-0.15, -0.1) is 0 Å². The molecule has 0 N–H and O–H groups in total. The third kappa shape index (κ3) is 4.20. The summed E-state index contributed by atoms with van der Waals surface area (Å²) >= 11 is 0. The fraction of sp³-hybridized carbons (Fsp3) is 0.600. The van der Waals surface area contributed by atoms with Crippen molar-refractivity contribution in [2.24, 2.45) is 0 Å². The molecular formula is C15H24N4O3S. The van der Waals surface area contributed by atoms with E-state index in [1.807, 2.05) is 19.0 Å². The molecule has 0 unspecified atom stereocenters. The molecule has 0 aromatic carbocycles. The molecule has 7 nitrogen and oxygen atoms in total. The van der Waals surface area contributed by atoms with Crippen LogP contribution in [-0.2, 0) is 10.0 Å². The van der Waals surface area contributed by atoms with Crippen LogP contribution in [0, 0.1) is 0 Å². The Kier molecular flexibility index (Phi) is 5.26. The van der Waals surface area contributed by atoms with Crippen LogP contribution in [0.3, 0.4) is 0 Å². The van der Waals surface area contributed by atoms with Crippen LogP contribution < -0.4 is 4.90 Å². The van der Waals surface area contributed by atoms with Crippen LogP contribution in [0.5, 0.6) is 0 Å². The van der Waals surface area contributed by atoms with Gasteiger partial charge in [-0.3, -0.25) is 4.79 Å². The third-order valence-electron chi connectivity index (χ3n) is 4.24. The van der Waals surface area contributed by atoms with Crippen LogP contribution in [-0.4, -0.2) is 75.0 Å². The van der Waals surface area contributed by atoms with Gasteiger partial charge in [0.1, 0.15) is 5.82 Å². The molecular weight excluding hydrogens is 316 g/mol. The summed E-state index contributed by atoms with van der Waals surface area (Å²) in [5, 5.41) is 0. The number of hydrogen-bond donors (Lipinski definition) is 0. The average molecular weight is 340 g/mol. The fourth-order valence-electron chi connectivity index (χ4n) is 2.68. The normalized spacial score (nSPS) is 16.7. The first-order valence-electron chi connectivity index (χ1n) is 7.56. The molecule has 2 rings (SSSR count). The van der Waals surface area contributed by atoms with Crippen molar-refractivity contribution in [3.63, 3.8) is 0 Å². The number of sulfonamides is 1. The molecule has 8 heteroatoms. The molecule has 0 radical (unpaired) electrons. The van der Waals surface area contributed by atoms with Crippen LogP contribution in [0.15, 0.2) is 18.3 Å². The molecule has 0 atom stereocenters. The standard InChI is InChI=1S/C15H24N4O3S/c1-17(2)14-11-12(5-8-16-14)15(20)19-9-6-13(7-10-19)18(3)23(4,21)22/h5,8,11,13H,6-7,9-10H2,1-4H3. The SMILES string of the molecule is CN(C)c1cc(C(=O)N2CCC(N(C)S(C)(=O)=O)CC2)ccn1. The molecule has 0 saturated carbocycles. The Labute approximate surface area is 137 Å². The first-order valence-corrected chi connectivity index (χ1v) is 9.40. The van der Waals surface area contributed by atoms with E-state index in [1.54, 1.807) is 30.3 Å². The minimum Gasteiger partial charge on any atom is -0.363 e. The second-order valence-electron chi connectivity index (χ2n) is 6.10. The molecule has 1 aliphatic rings. The maximum atomic E-state index is 12.6. The van der Waals surface area contributed by atoms with Crippen LogP contribution in [0.25, 0.3) is 0 Å². The van der Waals surface area contributed by atoms with Crippen LogP contribution in [0.4, 0.5) is 5.82 Å². The molecule has 0 aliphatic carbocycles. The van der Waals surface area contributed by atoms with Crippen LogP contribution in [0.1, 0.15) is 23.2 Å². The number of hydrogen-bond acceptors (Lipinski definition) is 5. The van der Waals surface area contributed by atoms with Gasteiger partial charge in [0.25, 0.3) is 5.91 Å². The maximum absolute atomic E-state index is 12.6. The van der Waals surface area contributed by atoms with Gasteiger partial charge in [0.05, 0.1) is 6.26 Å². The molecule has 1 amide bonds. The zero-order valence-corrected chi connectivity index (χ0v) is 14.9. The number of nitrogens with zero attached hydrogens (tertiary/aromatic N) is 4. The lowest BCUT2D eigenvalue weighted by Gasteiger charge is -2.35. The largest absolute Gasteiger partial charge is 0.363 e. The fourth-order valence-corrected chi connectivity index (χ4v) is 3.43. The number of anilines is 1. The molecule has 128 valence electrons. The predicted molar refractivity (Wildman–Crippen MR) is 90.1 cm³/mol. The highest BCUT2D eigenvalue weighted by molar-refractivity contribution is 7.88. The average Bonchev–Trinajstić information content (AvgIpc) is 2.53. The van der Waals surface area contributed by atoms with Crippen molar-refractivity contribution in [3.05, 3.63) is 23.9 Å². The van der Waals surface area contributed by atoms with Crippen molar-refractivity contribution in [2.75, 3.05) is 45.4 Å². The van der Waals surface area contributed by atoms with Gasteiger partial charge in [0.2, 0.25) is 10.0 Å². The van der Waals surface area contributed by atoms with Crippen LogP contribution >= 0.6 is 0 Å². The van der Waals surface area contributed by atoms with Crippen molar-refractivity contribution >= 4 is 21.7 Å². The lowest BCUT2D eigenvalue weighted by molar-refractivity contribution is 0.0686. The lowest BCUT2D eigenvalue weighted by atomic mass is 10.0. The quantitative estimate of drug-likeness (QED) is 0.804. The number of likely N-dealkylation sites (tertiary alicyclic amines) is 1. The van der Waals surface area contributed by atoms with Crippen molar-refractivity contribution in [1.29, 1.82) is 0 Å². The van der Waals surface area contributed by atoms with Gasteiger partial charge >= 0.3 is 0 Å². The molecule has 1 fully saturated rings. The minimum atomic E-state index is -3.19. The van der Waals surface area contributed by atoms with Gasteiger partial charge in [-0.25, -0.2) is 17.7 Å². The zero-order valence-electron chi connectivity index (χ0n) is 14.1. The summed E-state index contributed by atoms with van der Waals surface area (Å²) < 4.78 is 24.6. The highest BCUT2D eigenvalue weighted by atomic mass is 32.2. The number of aromatic nitrogens is 1. The summed E-state index contributed by atoms with van der Waals surface area (Å²) in [6.45, 7) is 1.12. The second-order valence-corrected chi connectivity index (χ2v) is 8.14. The van der Waals surface area contributed by atoms with Crippen molar-refractivity contribution in [2.45, 2.75) is 18.9 Å². The smallest absolute Gasteiger partial charge is 0.254 e. The van der Waals surface area contributed by atoms with Crippen molar-refractivity contribution < 1.29 is 13.2 Å². The van der Waals surface area contributed by atoms with E-state index >= 15 is 0 Å². The Hall–Kier alpha value is -1.67. The molecule has 1 aliphatic heterocycles. The van der Waals surface area contributed by atoms with E-state index in [0.29, 0.717) is 31.5 Å². The number of rotatable bonds is 4. The Morgan fingerprint density at radius 3 is 2.39 bits per heavy atom. The summed E-state index contributed by atoms with van der Waals surface area (Å²) in [4.78, 5) is 20.4. The maximum Gasteiger partial charge on any atom is 0.254 e. The highest BCUT2D eigenvalue weighted by Gasteiger charge is 2.29. The van der Waals surface area contributed by atoms with E-state index in [1.165, 1.54) is 10.6 Å². The third-order valence-corrected chi connectivity index (χ3v) is 5.58. The molecule has 1 saturated heterocycles. The Morgan fingerprint density at radius 2 is 1.87 bits per heavy atom. The first kappa shape index (κ1) is 17.7. The van der Waals surface area contributed by atoms with E-state index in [4.69, 9.17) is 0 Å². The number of carbonyl (C=O) groups is 1. The van der Waals surface area contributed by atoms with E-state index in [-0.39, 0.29) is 11.9 Å². The van der Waals surface area contributed by atoms with Gasteiger partial charge in [0, 0.05) is 52.0 Å². The second kappa shape index (κ2) is 6.84. The topological polar surface area (TPSA) is 73.8 Å². The molecule has 0 spiro atoms. The molecule has 1 aromatic rings. The zero-order chi connectivity index (χ0) is 17.2. The van der Waals surface area contributed by atoms with Gasteiger partial charge in [-0.05, 0) is 25.0 Å². The summed E-state index contributed by atoms with van der Waals surface area (Å²) in [5.74, 6) is 0.707. The van der Waals surface area contributed by atoms with Gasteiger partial charge in [0.15, 0.2) is 0 Å². The monoisotopic (exact) mass is 340 g/mol. The summed E-state index contributed by atoms with van der Waals surface area (Å²) in [6.07, 6.45) is 4.15. The summed E-state index contributed by atoms with van der Waals surface area (Å²) in [5.41, 5.74) is 0.610. The minimum absolute atomic E-state index is 0.0315. The van der Waals surface area contributed by atoms with E-state index in [0.717, 1.165) is 5.82 Å². The number of piperidine rings is 1. The number of pyridine rings is 1. The predicted octanol–water partition coefficient (Wildman–Crippen LogP) is 0.644. The Bertz CT molecular complexity index is 667. The number of carbonyl (C=O) groups excluding carboxylic acids is 1. The van der Waals surface area contributed by atoms with Gasteiger partial charge in [-0.1, -0.05) is 0 Å². The lowest BCUT2D eigenvalue weighted by Crippen LogP contribution is -2.47. The molecule has 1 aromatic heterocycles. The van der Waals surface area contributed by atoms with E-state index in [9.17, 15) is 13.2 Å². The van der Waals surface area contributed by atoms with Gasteiger partial charge in [-0.2, -0.15) is 0 Å². The van der Waals surface area contributed by atoms with Crippen molar-refractivity contribution in [3.8, 4) is 0 Å². The molecule has 2 heterocycles. The molecule has 0 bridgehead atoms. The van der Waals surface area contributed by atoms with E-state index < -0.39 is 10.0 Å². The Morgan fingerprint density at radius 1 is 1.26 bits per heavy atom.